The Morgan fingerprint density at radius 2 is 1.77 bits per heavy atom. The van der Waals surface area contributed by atoms with Crippen molar-refractivity contribution in [2.24, 2.45) is 0 Å². The minimum absolute atomic E-state index is 0.120. The van der Waals surface area contributed by atoms with Gasteiger partial charge in [-0.05, 0) is 25.5 Å². The van der Waals surface area contributed by atoms with E-state index in [-0.39, 0.29) is 5.43 Å². The summed E-state index contributed by atoms with van der Waals surface area (Å²) in [7, 11) is 0. The summed E-state index contributed by atoms with van der Waals surface area (Å²) in [6.45, 7) is 4.52. The van der Waals surface area contributed by atoms with Gasteiger partial charge in [0.25, 0.3) is 0 Å². The smallest absolute Gasteiger partial charge is 0.235 e. The zero-order valence-electron chi connectivity index (χ0n) is 12.8. The van der Waals surface area contributed by atoms with Gasteiger partial charge >= 0.3 is 0 Å². The van der Waals surface area contributed by atoms with E-state index in [1.807, 2.05) is 50.2 Å². The lowest BCUT2D eigenvalue weighted by molar-refractivity contribution is 0.309. The summed E-state index contributed by atoms with van der Waals surface area (Å²) in [4.78, 5) is 12.7. The monoisotopic (exact) mass is 294 g/mol. The Balaban J connectivity index is 2.26. The molecule has 3 nitrogen and oxygen atoms in total. The van der Waals surface area contributed by atoms with Crippen molar-refractivity contribution in [3.05, 3.63) is 64.3 Å². The van der Waals surface area contributed by atoms with Gasteiger partial charge in [0.1, 0.15) is 5.58 Å². The lowest BCUT2D eigenvalue weighted by Gasteiger charge is -2.11. The van der Waals surface area contributed by atoms with Crippen LogP contribution in [0.2, 0.25) is 0 Å². The van der Waals surface area contributed by atoms with Crippen LogP contribution in [0.3, 0.4) is 0 Å². The van der Waals surface area contributed by atoms with Crippen molar-refractivity contribution in [2.45, 2.75) is 20.3 Å². The van der Waals surface area contributed by atoms with Gasteiger partial charge in [0.15, 0.2) is 5.76 Å². The number of hydrogen-bond acceptors (Lipinski definition) is 3. The number of benzene rings is 2. The quantitative estimate of drug-likeness (QED) is 0.708. The molecule has 3 heteroatoms. The van der Waals surface area contributed by atoms with E-state index in [1.165, 1.54) is 0 Å². The molecule has 0 fully saturated rings. The maximum atomic E-state index is 12.7. The zero-order chi connectivity index (χ0) is 15.5. The molecule has 0 bridgehead atoms. The lowest BCUT2D eigenvalue weighted by atomic mass is 10.1. The minimum Gasteiger partial charge on any atom is -0.486 e. The summed E-state index contributed by atoms with van der Waals surface area (Å²) in [6.07, 6.45) is 0.833. The van der Waals surface area contributed by atoms with Gasteiger partial charge in [-0.1, -0.05) is 48.9 Å². The van der Waals surface area contributed by atoms with Crippen molar-refractivity contribution < 1.29 is 9.15 Å². The number of para-hydroxylation sites is 1. The van der Waals surface area contributed by atoms with E-state index in [2.05, 4.69) is 0 Å². The van der Waals surface area contributed by atoms with Crippen LogP contribution in [0, 0.1) is 6.92 Å². The molecule has 0 radical (unpaired) electrons. The van der Waals surface area contributed by atoms with Crippen molar-refractivity contribution in [1.29, 1.82) is 0 Å². The van der Waals surface area contributed by atoms with Crippen LogP contribution in [0.15, 0.2) is 57.7 Å². The molecule has 0 unspecified atom stereocenters. The highest BCUT2D eigenvalue weighted by Gasteiger charge is 2.17. The van der Waals surface area contributed by atoms with E-state index in [1.54, 1.807) is 12.1 Å². The SMILES string of the molecule is CCCOc1c(-c2ccc(C)cc2)oc2ccccc2c1=O. The summed E-state index contributed by atoms with van der Waals surface area (Å²) in [5.41, 5.74) is 2.46. The first-order valence-electron chi connectivity index (χ1n) is 7.46. The molecule has 0 spiro atoms. The molecule has 2 aromatic carbocycles. The molecule has 3 rings (SSSR count). The second-order valence-corrected chi connectivity index (χ2v) is 5.30. The number of fused-ring (bicyclic) bond motifs is 1. The van der Waals surface area contributed by atoms with Crippen LogP contribution in [0.4, 0.5) is 0 Å². The van der Waals surface area contributed by atoms with Crippen molar-refractivity contribution in [3.8, 4) is 17.1 Å². The molecule has 0 atom stereocenters. The lowest BCUT2D eigenvalue weighted by Crippen LogP contribution is -2.10. The molecule has 0 N–H and O–H groups in total. The van der Waals surface area contributed by atoms with Gasteiger partial charge in [-0.3, -0.25) is 4.79 Å². The number of aryl methyl sites for hydroxylation is 1. The summed E-state index contributed by atoms with van der Waals surface area (Å²) < 4.78 is 11.7. The fourth-order valence-electron chi connectivity index (χ4n) is 2.36. The van der Waals surface area contributed by atoms with E-state index in [0.717, 1.165) is 17.5 Å². The van der Waals surface area contributed by atoms with Crippen molar-refractivity contribution >= 4 is 11.0 Å². The number of rotatable bonds is 4. The Kier molecular flexibility index (Phi) is 3.96. The first-order chi connectivity index (χ1) is 10.7. The normalized spacial score (nSPS) is 10.8. The molecule has 0 aliphatic rings. The van der Waals surface area contributed by atoms with Gasteiger partial charge < -0.3 is 9.15 Å². The molecule has 0 amide bonds. The maximum Gasteiger partial charge on any atom is 0.235 e. The third-order valence-electron chi connectivity index (χ3n) is 3.52. The van der Waals surface area contributed by atoms with E-state index in [0.29, 0.717) is 29.1 Å². The van der Waals surface area contributed by atoms with E-state index < -0.39 is 0 Å². The van der Waals surface area contributed by atoms with Crippen molar-refractivity contribution in [1.82, 2.24) is 0 Å². The highest BCUT2D eigenvalue weighted by atomic mass is 16.5. The summed E-state index contributed by atoms with van der Waals surface area (Å²) in [6, 6.07) is 15.1. The van der Waals surface area contributed by atoms with Crippen LogP contribution in [0.5, 0.6) is 5.75 Å². The fourth-order valence-corrected chi connectivity index (χ4v) is 2.36. The molecular formula is C19H18O3. The topological polar surface area (TPSA) is 39.4 Å². The van der Waals surface area contributed by atoms with Crippen LogP contribution < -0.4 is 10.2 Å². The molecular weight excluding hydrogens is 276 g/mol. The second-order valence-electron chi connectivity index (χ2n) is 5.30. The molecule has 112 valence electrons. The van der Waals surface area contributed by atoms with Gasteiger partial charge in [-0.15, -0.1) is 0 Å². The highest BCUT2D eigenvalue weighted by Crippen LogP contribution is 2.31. The summed E-state index contributed by atoms with van der Waals surface area (Å²) in [5, 5.41) is 0.546. The molecule has 22 heavy (non-hydrogen) atoms. The van der Waals surface area contributed by atoms with Gasteiger partial charge in [0.2, 0.25) is 11.2 Å². The first-order valence-corrected chi connectivity index (χ1v) is 7.46. The number of hydrogen-bond donors (Lipinski definition) is 0. The average Bonchev–Trinajstić information content (AvgIpc) is 2.55. The minimum atomic E-state index is -0.120. The van der Waals surface area contributed by atoms with Crippen molar-refractivity contribution in [3.63, 3.8) is 0 Å². The third-order valence-corrected chi connectivity index (χ3v) is 3.52. The number of ether oxygens (including phenoxy) is 1. The van der Waals surface area contributed by atoms with Crippen LogP contribution in [-0.4, -0.2) is 6.61 Å². The molecule has 3 aromatic rings. The Morgan fingerprint density at radius 1 is 1.05 bits per heavy atom. The van der Waals surface area contributed by atoms with E-state index in [9.17, 15) is 4.79 Å². The predicted molar refractivity (Wildman–Crippen MR) is 88.4 cm³/mol. The predicted octanol–water partition coefficient (Wildman–Crippen LogP) is 4.56. The Labute approximate surface area is 129 Å². The highest BCUT2D eigenvalue weighted by molar-refractivity contribution is 5.81. The van der Waals surface area contributed by atoms with E-state index in [4.69, 9.17) is 9.15 Å². The Morgan fingerprint density at radius 3 is 2.50 bits per heavy atom. The van der Waals surface area contributed by atoms with E-state index >= 15 is 0 Å². The first kappa shape index (κ1) is 14.4. The standard InChI is InChI=1S/C19H18O3/c1-3-12-21-19-17(20)15-6-4-5-7-16(15)22-18(19)14-10-8-13(2)9-11-14/h4-11H,3,12H2,1-2H3. The molecule has 0 aliphatic heterocycles. The van der Waals surface area contributed by atoms with Gasteiger partial charge in [-0.25, -0.2) is 0 Å². The summed E-state index contributed by atoms with van der Waals surface area (Å²) >= 11 is 0. The fraction of sp³-hybridized carbons (Fsp3) is 0.211. The molecule has 0 saturated heterocycles. The van der Waals surface area contributed by atoms with Crippen molar-refractivity contribution in [2.75, 3.05) is 6.61 Å². The van der Waals surface area contributed by atoms with Crippen LogP contribution >= 0.6 is 0 Å². The van der Waals surface area contributed by atoms with Crippen LogP contribution in [-0.2, 0) is 0 Å². The van der Waals surface area contributed by atoms with Gasteiger partial charge in [0.05, 0.1) is 12.0 Å². The average molecular weight is 294 g/mol. The maximum absolute atomic E-state index is 12.7. The zero-order valence-corrected chi connectivity index (χ0v) is 12.8. The Hall–Kier alpha value is -2.55. The molecule has 1 heterocycles. The molecule has 0 aliphatic carbocycles. The largest absolute Gasteiger partial charge is 0.486 e. The van der Waals surface area contributed by atoms with Crippen LogP contribution in [0.25, 0.3) is 22.3 Å². The Bertz CT molecular complexity index is 845. The molecule has 1 aromatic heterocycles. The van der Waals surface area contributed by atoms with Gasteiger partial charge in [-0.2, -0.15) is 0 Å². The van der Waals surface area contributed by atoms with Crippen LogP contribution in [0.1, 0.15) is 18.9 Å². The van der Waals surface area contributed by atoms with Gasteiger partial charge in [0, 0.05) is 5.56 Å². The molecule has 0 saturated carbocycles. The summed E-state index contributed by atoms with van der Waals surface area (Å²) in [5.74, 6) is 0.793. The third kappa shape index (κ3) is 2.62. The second kappa shape index (κ2) is 6.06.